The number of hydrogen-bond acceptors (Lipinski definition) is 1. The highest BCUT2D eigenvalue weighted by atomic mass is 35.5. The number of benzene rings is 2. The predicted molar refractivity (Wildman–Crippen MR) is 108 cm³/mol. The van der Waals surface area contributed by atoms with Crippen LogP contribution in [0.5, 0.6) is 0 Å². The third-order valence-corrected chi connectivity index (χ3v) is 5.41. The molecule has 0 amide bonds. The van der Waals surface area contributed by atoms with Crippen molar-refractivity contribution in [3.05, 3.63) is 69.9 Å². The van der Waals surface area contributed by atoms with Crippen molar-refractivity contribution in [1.29, 1.82) is 0 Å². The van der Waals surface area contributed by atoms with E-state index in [1.807, 2.05) is 12.1 Å². The molecule has 2 aromatic carbocycles. The quantitative estimate of drug-likeness (QED) is 0.583. The van der Waals surface area contributed by atoms with E-state index in [0.29, 0.717) is 0 Å². The van der Waals surface area contributed by atoms with E-state index in [0.717, 1.165) is 24.5 Å². The van der Waals surface area contributed by atoms with Gasteiger partial charge in [0.25, 0.3) is 0 Å². The monoisotopic (exact) mass is 350 g/mol. The fourth-order valence-corrected chi connectivity index (χ4v) is 3.89. The lowest BCUT2D eigenvalue weighted by Crippen LogP contribution is -2.27. The first-order valence-electron chi connectivity index (χ1n) is 8.78. The first kappa shape index (κ1) is 16.4. The summed E-state index contributed by atoms with van der Waals surface area (Å²) in [6.07, 6.45) is 3.39. The Morgan fingerprint density at radius 2 is 1.88 bits per heavy atom. The van der Waals surface area contributed by atoms with Crippen LogP contribution < -0.4 is 0 Å². The summed E-state index contributed by atoms with van der Waals surface area (Å²) in [7, 11) is 2.20. The molecule has 0 aliphatic carbocycles. The molecule has 1 aliphatic heterocycles. The minimum atomic E-state index is 0.775. The maximum Gasteiger partial charge on any atom is 0.0529 e. The lowest BCUT2D eigenvalue weighted by Gasteiger charge is -2.24. The molecule has 1 aromatic heterocycles. The summed E-state index contributed by atoms with van der Waals surface area (Å²) in [6.45, 7) is 6.46. The highest BCUT2D eigenvalue weighted by molar-refractivity contribution is 6.30. The van der Waals surface area contributed by atoms with Crippen molar-refractivity contribution in [2.24, 2.45) is 0 Å². The molecule has 1 aliphatic rings. The fraction of sp³-hybridized carbons (Fsp3) is 0.273. The van der Waals surface area contributed by atoms with Crippen LogP contribution in [0.15, 0.2) is 42.5 Å². The van der Waals surface area contributed by atoms with Crippen LogP contribution in [0, 0.1) is 6.92 Å². The van der Waals surface area contributed by atoms with Gasteiger partial charge in [-0.3, -0.25) is 0 Å². The van der Waals surface area contributed by atoms with Gasteiger partial charge in [0.15, 0.2) is 0 Å². The summed E-state index contributed by atoms with van der Waals surface area (Å²) < 4.78 is 2.39. The lowest BCUT2D eigenvalue weighted by atomic mass is 10.0. The lowest BCUT2D eigenvalue weighted by molar-refractivity contribution is 0.308. The average Bonchev–Trinajstić information content (AvgIpc) is 2.88. The van der Waals surface area contributed by atoms with Crippen LogP contribution in [0.4, 0.5) is 0 Å². The van der Waals surface area contributed by atoms with Crippen LogP contribution >= 0.6 is 11.6 Å². The molecule has 0 bridgehead atoms. The molecule has 2 nitrogen and oxygen atoms in total. The fourth-order valence-electron chi connectivity index (χ4n) is 3.76. The Hall–Kier alpha value is -2.03. The zero-order valence-electron chi connectivity index (χ0n) is 15.0. The Labute approximate surface area is 154 Å². The number of hydrogen-bond donors (Lipinski definition) is 0. The van der Waals surface area contributed by atoms with Crippen molar-refractivity contribution in [3.8, 4) is 0 Å². The van der Waals surface area contributed by atoms with E-state index in [-0.39, 0.29) is 0 Å². The van der Waals surface area contributed by atoms with Gasteiger partial charge in [0.1, 0.15) is 0 Å². The van der Waals surface area contributed by atoms with E-state index in [4.69, 9.17) is 11.6 Å². The van der Waals surface area contributed by atoms with Gasteiger partial charge in [-0.05, 0) is 68.3 Å². The Morgan fingerprint density at radius 3 is 2.64 bits per heavy atom. The van der Waals surface area contributed by atoms with Gasteiger partial charge in [0.05, 0.1) is 5.52 Å². The van der Waals surface area contributed by atoms with Crippen molar-refractivity contribution in [2.75, 3.05) is 13.6 Å². The number of rotatable bonds is 2. The Bertz CT molecular complexity index is 964. The van der Waals surface area contributed by atoms with E-state index in [2.05, 4.69) is 66.9 Å². The van der Waals surface area contributed by atoms with Gasteiger partial charge in [-0.25, -0.2) is 0 Å². The number of likely N-dealkylation sites (N-methyl/N-ethyl adjacent to an activating group) is 1. The molecule has 0 fully saturated rings. The van der Waals surface area contributed by atoms with Crippen molar-refractivity contribution in [3.63, 3.8) is 0 Å². The number of aromatic nitrogens is 1. The Kier molecular flexibility index (Phi) is 4.18. The molecule has 128 valence electrons. The van der Waals surface area contributed by atoms with Crippen LogP contribution in [0.1, 0.15) is 29.3 Å². The van der Waals surface area contributed by atoms with E-state index in [1.54, 1.807) is 0 Å². The molecule has 25 heavy (non-hydrogen) atoms. The van der Waals surface area contributed by atoms with E-state index < -0.39 is 0 Å². The molecule has 0 atom stereocenters. The van der Waals surface area contributed by atoms with Crippen molar-refractivity contribution in [2.45, 2.75) is 26.8 Å². The molecule has 3 heteroatoms. The number of fused-ring (bicyclic) bond motifs is 3. The Balaban J connectivity index is 1.90. The van der Waals surface area contributed by atoms with E-state index >= 15 is 0 Å². The molecule has 4 rings (SSSR count). The van der Waals surface area contributed by atoms with Gasteiger partial charge >= 0.3 is 0 Å². The molecular weight excluding hydrogens is 328 g/mol. The number of aryl methyl sites for hydroxylation is 1. The standard InChI is InChI=1S/C22H23ClN2/c1-15-4-9-21-20(12-15)19-10-11-24(3)14-22(19)25(21)13-16(2)17-5-7-18(23)8-6-17/h4-9,12-13H,10-11,14H2,1-3H3/b16-13+. The molecule has 0 saturated heterocycles. The van der Waals surface area contributed by atoms with Gasteiger partial charge in [-0.1, -0.05) is 35.4 Å². The summed E-state index contributed by atoms with van der Waals surface area (Å²) in [4.78, 5) is 2.40. The zero-order chi connectivity index (χ0) is 17.6. The summed E-state index contributed by atoms with van der Waals surface area (Å²) in [5.41, 5.74) is 8.00. The molecule has 3 aromatic rings. The smallest absolute Gasteiger partial charge is 0.0529 e. The van der Waals surface area contributed by atoms with Gasteiger partial charge < -0.3 is 9.47 Å². The second kappa shape index (κ2) is 6.36. The van der Waals surface area contributed by atoms with Crippen LogP contribution in [0.3, 0.4) is 0 Å². The third-order valence-electron chi connectivity index (χ3n) is 5.16. The SMILES string of the molecule is C/C(=C\n1c2c(c3cc(C)ccc31)CCN(C)C2)c1ccc(Cl)cc1. The van der Waals surface area contributed by atoms with Crippen LogP contribution in [0.2, 0.25) is 5.02 Å². The summed E-state index contributed by atoms with van der Waals surface area (Å²) in [5, 5.41) is 2.18. The highest BCUT2D eigenvalue weighted by Crippen LogP contribution is 2.32. The van der Waals surface area contributed by atoms with E-state index in [1.165, 1.54) is 38.9 Å². The van der Waals surface area contributed by atoms with Gasteiger partial charge in [-0.15, -0.1) is 0 Å². The molecule has 0 unspecified atom stereocenters. The van der Waals surface area contributed by atoms with E-state index in [9.17, 15) is 0 Å². The second-order valence-electron chi connectivity index (χ2n) is 7.12. The summed E-state index contributed by atoms with van der Waals surface area (Å²) in [5.74, 6) is 0. The second-order valence-corrected chi connectivity index (χ2v) is 7.56. The van der Waals surface area contributed by atoms with Crippen molar-refractivity contribution >= 4 is 34.3 Å². The van der Waals surface area contributed by atoms with Crippen LogP contribution in [-0.4, -0.2) is 23.1 Å². The number of halogens is 1. The molecule has 2 heterocycles. The molecule has 0 spiro atoms. The molecular formula is C22H23ClN2. The van der Waals surface area contributed by atoms with Crippen LogP contribution in [-0.2, 0) is 13.0 Å². The van der Waals surface area contributed by atoms with Crippen molar-refractivity contribution in [1.82, 2.24) is 9.47 Å². The van der Waals surface area contributed by atoms with Crippen LogP contribution in [0.25, 0.3) is 22.7 Å². The third kappa shape index (κ3) is 3.01. The predicted octanol–water partition coefficient (Wildman–Crippen LogP) is 5.61. The topological polar surface area (TPSA) is 8.17 Å². The molecule has 0 radical (unpaired) electrons. The number of nitrogens with zero attached hydrogens (tertiary/aromatic N) is 2. The molecule has 0 saturated carbocycles. The minimum Gasteiger partial charge on any atom is -0.318 e. The van der Waals surface area contributed by atoms with Gasteiger partial charge in [0, 0.05) is 35.4 Å². The maximum atomic E-state index is 6.03. The average molecular weight is 351 g/mol. The largest absolute Gasteiger partial charge is 0.318 e. The normalized spacial score (nSPS) is 15.6. The van der Waals surface area contributed by atoms with Gasteiger partial charge in [0.2, 0.25) is 0 Å². The summed E-state index contributed by atoms with van der Waals surface area (Å²) in [6, 6.07) is 14.9. The first-order chi connectivity index (χ1) is 12.0. The van der Waals surface area contributed by atoms with Gasteiger partial charge in [-0.2, -0.15) is 0 Å². The molecule has 0 N–H and O–H groups in total. The zero-order valence-corrected chi connectivity index (χ0v) is 15.8. The highest BCUT2D eigenvalue weighted by Gasteiger charge is 2.21. The maximum absolute atomic E-state index is 6.03. The Morgan fingerprint density at radius 1 is 1.12 bits per heavy atom. The number of allylic oxidation sites excluding steroid dienone is 1. The minimum absolute atomic E-state index is 0.775. The summed E-state index contributed by atoms with van der Waals surface area (Å²) >= 11 is 6.03. The first-order valence-corrected chi connectivity index (χ1v) is 9.16. The van der Waals surface area contributed by atoms with Crippen molar-refractivity contribution < 1.29 is 0 Å².